The molecule has 2 rings (SSSR count). The lowest BCUT2D eigenvalue weighted by molar-refractivity contribution is -0.137. The Morgan fingerprint density at radius 1 is 1.38 bits per heavy atom. The molecule has 0 spiro atoms. The minimum atomic E-state index is -2.67. The quantitative estimate of drug-likeness (QED) is 0.176. The molecule has 0 aliphatic carbocycles. The van der Waals surface area contributed by atoms with Crippen LogP contribution in [0.15, 0.2) is 30.9 Å². The summed E-state index contributed by atoms with van der Waals surface area (Å²) in [5.41, 5.74) is 0.927. The van der Waals surface area contributed by atoms with Crippen molar-refractivity contribution in [3.63, 3.8) is 0 Å². The van der Waals surface area contributed by atoms with E-state index in [4.69, 9.17) is 51.6 Å². The number of ether oxygens (including phenoxy) is 2. The van der Waals surface area contributed by atoms with Crippen LogP contribution < -0.4 is 9.16 Å². The van der Waals surface area contributed by atoms with Crippen molar-refractivity contribution in [3.8, 4) is 11.5 Å². The van der Waals surface area contributed by atoms with E-state index in [9.17, 15) is 4.79 Å². The highest BCUT2D eigenvalue weighted by Gasteiger charge is 2.37. The van der Waals surface area contributed by atoms with Crippen molar-refractivity contribution in [2.24, 2.45) is 0 Å². The zero-order chi connectivity index (χ0) is 19.2. The highest BCUT2D eigenvalue weighted by atomic mass is 35.8. The highest BCUT2D eigenvalue weighted by molar-refractivity contribution is 7.64. The zero-order valence-corrected chi connectivity index (χ0v) is 18.7. The average Bonchev–Trinajstić information content (AvgIpc) is 2.57. The van der Waals surface area contributed by atoms with Gasteiger partial charge >= 0.3 is 20.5 Å². The number of carbonyl (C=O) groups excluding carboxylic acids is 1. The molecule has 0 radical (unpaired) electrons. The molecule has 1 aliphatic heterocycles. The molecule has 0 aromatic heterocycles. The van der Waals surface area contributed by atoms with Crippen LogP contribution >= 0.6 is 33.2 Å². The van der Waals surface area contributed by atoms with Crippen LogP contribution in [0.1, 0.15) is 12.0 Å². The van der Waals surface area contributed by atoms with E-state index < -0.39 is 20.5 Å². The first-order valence-corrected chi connectivity index (χ1v) is 15.9. The molecule has 26 heavy (non-hydrogen) atoms. The molecule has 144 valence electrons. The number of carbonyl (C=O) groups is 1. The molecule has 0 saturated heterocycles. The number of fused-ring (bicyclic) bond motifs is 1. The SMILES string of the molecule is C=CC(=O)OCCC[Si]1(C)OCc2cc(OCC[Si](Cl)(Cl)Cl)ccc2O1. The molecule has 1 atom stereocenters. The molecular formula is C16H21Cl3O5Si2. The second-order valence-corrected chi connectivity index (χ2v) is 18.5. The van der Waals surface area contributed by atoms with E-state index in [-0.39, 0.29) is 0 Å². The van der Waals surface area contributed by atoms with Gasteiger partial charge in [-0.05, 0) is 31.2 Å². The predicted octanol–water partition coefficient (Wildman–Crippen LogP) is 4.82. The first-order valence-electron chi connectivity index (χ1n) is 8.15. The summed E-state index contributed by atoms with van der Waals surface area (Å²) in [5, 5.41) is 0. The Bertz CT molecular complexity index is 653. The van der Waals surface area contributed by atoms with Crippen molar-refractivity contribution in [2.75, 3.05) is 13.2 Å². The Morgan fingerprint density at radius 2 is 2.15 bits per heavy atom. The van der Waals surface area contributed by atoms with Crippen LogP contribution in [0.4, 0.5) is 0 Å². The number of esters is 1. The Morgan fingerprint density at radius 3 is 2.85 bits per heavy atom. The van der Waals surface area contributed by atoms with E-state index >= 15 is 0 Å². The van der Waals surface area contributed by atoms with Gasteiger partial charge in [0.1, 0.15) is 11.5 Å². The van der Waals surface area contributed by atoms with E-state index in [0.29, 0.717) is 38.0 Å². The monoisotopic (exact) mass is 454 g/mol. The lowest BCUT2D eigenvalue weighted by Crippen LogP contribution is -2.44. The average molecular weight is 456 g/mol. The van der Waals surface area contributed by atoms with Crippen LogP contribution in [0.5, 0.6) is 11.5 Å². The van der Waals surface area contributed by atoms with E-state index in [0.717, 1.165) is 23.4 Å². The van der Waals surface area contributed by atoms with Crippen molar-refractivity contribution in [1.29, 1.82) is 0 Å². The summed E-state index contributed by atoms with van der Waals surface area (Å²) < 4.78 is 22.7. The maximum atomic E-state index is 11.0. The van der Waals surface area contributed by atoms with E-state index in [2.05, 4.69) is 6.58 Å². The fourth-order valence-electron chi connectivity index (χ4n) is 2.38. The standard InChI is InChI=1S/C16H21Cl3O5Si2/c1-3-16(20)22-7-4-9-25(2)23-12-13-11-14(5-6-15(13)24-25)21-8-10-26(17,18)19/h3,5-6,11H,1,4,7-10,12H2,2H3. The number of benzene rings is 1. The van der Waals surface area contributed by atoms with E-state index in [1.165, 1.54) is 0 Å². The molecule has 1 unspecified atom stereocenters. The van der Waals surface area contributed by atoms with Gasteiger partial charge < -0.3 is 18.3 Å². The van der Waals surface area contributed by atoms with E-state index in [1.807, 2.05) is 24.7 Å². The van der Waals surface area contributed by atoms with Gasteiger partial charge in [-0.25, -0.2) is 4.79 Å². The van der Waals surface area contributed by atoms with Crippen molar-refractivity contribution >= 4 is 53.8 Å². The van der Waals surface area contributed by atoms with Crippen LogP contribution in [0.25, 0.3) is 0 Å². The van der Waals surface area contributed by atoms with Gasteiger partial charge in [-0.3, -0.25) is 0 Å². The predicted molar refractivity (Wildman–Crippen MR) is 108 cm³/mol. The van der Waals surface area contributed by atoms with Crippen LogP contribution in [0.3, 0.4) is 0 Å². The van der Waals surface area contributed by atoms with Crippen LogP contribution in [0, 0.1) is 0 Å². The van der Waals surface area contributed by atoms with Crippen molar-refractivity contribution < 1.29 is 23.1 Å². The molecule has 5 nitrogen and oxygen atoms in total. The third kappa shape index (κ3) is 7.13. The number of halogens is 3. The topological polar surface area (TPSA) is 54.0 Å². The van der Waals surface area contributed by atoms with Crippen LogP contribution in [-0.4, -0.2) is 33.7 Å². The second kappa shape index (κ2) is 9.48. The third-order valence-corrected chi connectivity index (χ3v) is 8.87. The minimum absolute atomic E-state index is 0.326. The summed E-state index contributed by atoms with van der Waals surface area (Å²) in [6, 6.07) is 4.09. The number of hydrogen-bond donors (Lipinski definition) is 0. The summed E-state index contributed by atoms with van der Waals surface area (Å²) in [4.78, 5) is 11.0. The smallest absolute Gasteiger partial charge is 0.396 e. The Hall–Kier alpha value is -0.706. The second-order valence-electron chi connectivity index (χ2n) is 5.98. The number of hydrogen-bond acceptors (Lipinski definition) is 5. The van der Waals surface area contributed by atoms with Crippen molar-refractivity contribution in [3.05, 3.63) is 36.4 Å². The Labute approximate surface area is 169 Å². The van der Waals surface area contributed by atoms with Crippen LogP contribution in [-0.2, 0) is 20.6 Å². The van der Waals surface area contributed by atoms with Gasteiger partial charge in [-0.1, -0.05) is 6.58 Å². The first-order chi connectivity index (χ1) is 12.2. The zero-order valence-electron chi connectivity index (χ0n) is 14.4. The fourth-order valence-corrected chi connectivity index (χ4v) is 5.63. The largest absolute Gasteiger partial charge is 0.520 e. The summed E-state index contributed by atoms with van der Waals surface area (Å²) in [6.45, 7) is 6.51. The maximum absolute atomic E-state index is 11.0. The molecule has 0 fully saturated rings. The fraction of sp³-hybridized carbons (Fsp3) is 0.438. The lowest BCUT2D eigenvalue weighted by Gasteiger charge is -2.33. The minimum Gasteiger partial charge on any atom is -0.520 e. The van der Waals surface area contributed by atoms with Crippen molar-refractivity contribution in [2.45, 2.75) is 31.7 Å². The normalized spacial score (nSPS) is 19.2. The number of rotatable bonds is 9. The summed E-state index contributed by atoms with van der Waals surface area (Å²) in [5.74, 6) is 1.08. The van der Waals surface area contributed by atoms with Gasteiger partial charge in [0, 0.05) is 23.7 Å². The Balaban J connectivity index is 1.86. The molecule has 1 aromatic carbocycles. The lowest BCUT2D eigenvalue weighted by atomic mass is 10.2. The van der Waals surface area contributed by atoms with Gasteiger partial charge in [0.2, 0.25) is 0 Å². The van der Waals surface area contributed by atoms with Gasteiger partial charge in [0.25, 0.3) is 0 Å². The van der Waals surface area contributed by atoms with Crippen LogP contribution in [0.2, 0.25) is 18.6 Å². The molecule has 1 aliphatic rings. The van der Waals surface area contributed by atoms with E-state index in [1.54, 1.807) is 0 Å². The summed E-state index contributed by atoms with van der Waals surface area (Å²) >= 11 is 17.5. The van der Waals surface area contributed by atoms with Gasteiger partial charge in [0.05, 0.1) is 19.8 Å². The molecule has 0 N–H and O–H groups in total. The first kappa shape index (κ1) is 21.6. The molecule has 10 heteroatoms. The van der Waals surface area contributed by atoms with Gasteiger partial charge in [0.15, 0.2) is 0 Å². The van der Waals surface area contributed by atoms with Gasteiger partial charge in [-0.15, -0.1) is 33.2 Å². The summed E-state index contributed by atoms with van der Waals surface area (Å²) in [6.07, 6.45) is 1.83. The molecule has 1 aromatic rings. The molecular weight excluding hydrogens is 435 g/mol. The molecule has 0 bridgehead atoms. The highest BCUT2D eigenvalue weighted by Crippen LogP contribution is 2.34. The maximum Gasteiger partial charge on any atom is 0.396 e. The van der Waals surface area contributed by atoms with Gasteiger partial charge in [-0.2, -0.15) is 0 Å². The molecule has 0 amide bonds. The molecule has 1 heterocycles. The molecule has 0 saturated carbocycles. The third-order valence-electron chi connectivity index (χ3n) is 3.73. The Kier molecular flexibility index (Phi) is 7.87. The summed E-state index contributed by atoms with van der Waals surface area (Å²) in [7, 11) is -2.34. The van der Waals surface area contributed by atoms with Crippen molar-refractivity contribution in [1.82, 2.24) is 0 Å².